The van der Waals surface area contributed by atoms with Gasteiger partial charge < -0.3 is 15.5 Å². The van der Waals surface area contributed by atoms with Gasteiger partial charge in [0.15, 0.2) is 0 Å². The predicted molar refractivity (Wildman–Crippen MR) is 140 cm³/mol. The summed E-state index contributed by atoms with van der Waals surface area (Å²) in [6.45, 7) is 9.40. The molecule has 4 rings (SSSR count). The summed E-state index contributed by atoms with van der Waals surface area (Å²) in [4.78, 5) is 25.3. The highest BCUT2D eigenvalue weighted by Gasteiger charge is 2.16. The number of anilines is 4. The zero-order valence-electron chi connectivity index (χ0n) is 20.1. The molecule has 2 heterocycles. The van der Waals surface area contributed by atoms with Crippen LogP contribution in [0.1, 0.15) is 33.1 Å². The molecule has 34 heavy (non-hydrogen) atoms. The molecule has 3 aromatic rings. The van der Waals surface area contributed by atoms with Gasteiger partial charge in [0.1, 0.15) is 0 Å². The number of piperazine rings is 1. The molecule has 1 aromatic heterocycles. The predicted octanol–water partition coefficient (Wildman–Crippen LogP) is 5.16. The first-order valence-corrected chi connectivity index (χ1v) is 12.2. The number of aromatic nitrogens is 2. The normalized spacial score (nSPS) is 14.1. The first-order chi connectivity index (χ1) is 16.6. The van der Waals surface area contributed by atoms with E-state index in [0.717, 1.165) is 48.8 Å². The number of amides is 1. The van der Waals surface area contributed by atoms with Crippen molar-refractivity contribution >= 4 is 28.9 Å². The van der Waals surface area contributed by atoms with Gasteiger partial charge in [-0.3, -0.25) is 9.69 Å². The third-order valence-electron chi connectivity index (χ3n) is 6.10. The molecule has 1 amide bonds. The van der Waals surface area contributed by atoms with Crippen molar-refractivity contribution in [3.05, 3.63) is 60.8 Å². The van der Waals surface area contributed by atoms with Gasteiger partial charge in [-0.1, -0.05) is 31.9 Å². The van der Waals surface area contributed by atoms with Crippen LogP contribution in [0.4, 0.5) is 23.0 Å². The van der Waals surface area contributed by atoms with Crippen molar-refractivity contribution in [3.63, 3.8) is 0 Å². The van der Waals surface area contributed by atoms with Crippen molar-refractivity contribution < 1.29 is 4.79 Å². The standard InChI is InChI=1S/C27H34N6O/c1-3-4-5-16-32-17-19-33(20-18-32)25-12-10-24(11-13-25)30-27-28-15-14-26(31-27)22-6-8-23(9-7-22)29-21(2)34/h6-15H,3-5,16-20H2,1-2H3,(H,29,34)(H,28,30,31). The molecule has 7 heteroatoms. The average Bonchev–Trinajstić information content (AvgIpc) is 2.85. The number of carbonyl (C=O) groups is 1. The highest BCUT2D eigenvalue weighted by Crippen LogP contribution is 2.24. The molecule has 0 saturated carbocycles. The number of hydrogen-bond donors (Lipinski definition) is 2. The topological polar surface area (TPSA) is 73.4 Å². The van der Waals surface area contributed by atoms with Crippen LogP contribution in [0.3, 0.4) is 0 Å². The summed E-state index contributed by atoms with van der Waals surface area (Å²) < 4.78 is 0. The zero-order valence-corrected chi connectivity index (χ0v) is 20.1. The number of carbonyl (C=O) groups excluding carboxylic acids is 1. The lowest BCUT2D eigenvalue weighted by Gasteiger charge is -2.36. The second kappa shape index (κ2) is 11.6. The van der Waals surface area contributed by atoms with Gasteiger partial charge in [0, 0.05) is 61.9 Å². The van der Waals surface area contributed by atoms with Crippen molar-refractivity contribution in [1.29, 1.82) is 0 Å². The van der Waals surface area contributed by atoms with Crippen LogP contribution >= 0.6 is 0 Å². The monoisotopic (exact) mass is 458 g/mol. The van der Waals surface area contributed by atoms with Crippen molar-refractivity contribution in [2.24, 2.45) is 0 Å². The van der Waals surface area contributed by atoms with Crippen molar-refractivity contribution in [3.8, 4) is 11.3 Å². The Morgan fingerprint density at radius 1 is 0.912 bits per heavy atom. The van der Waals surface area contributed by atoms with Gasteiger partial charge >= 0.3 is 0 Å². The molecule has 0 aliphatic carbocycles. The van der Waals surface area contributed by atoms with Crippen LogP contribution in [-0.2, 0) is 4.79 Å². The number of unbranched alkanes of at least 4 members (excludes halogenated alkanes) is 2. The minimum atomic E-state index is -0.0861. The Morgan fingerprint density at radius 2 is 1.62 bits per heavy atom. The molecular weight excluding hydrogens is 424 g/mol. The fourth-order valence-corrected chi connectivity index (χ4v) is 4.21. The minimum Gasteiger partial charge on any atom is -0.369 e. The summed E-state index contributed by atoms with van der Waals surface area (Å²) >= 11 is 0. The highest BCUT2D eigenvalue weighted by atomic mass is 16.1. The molecule has 0 spiro atoms. The highest BCUT2D eigenvalue weighted by molar-refractivity contribution is 5.88. The van der Waals surface area contributed by atoms with E-state index in [9.17, 15) is 4.79 Å². The maximum absolute atomic E-state index is 11.2. The molecule has 2 aromatic carbocycles. The van der Waals surface area contributed by atoms with E-state index in [0.29, 0.717) is 5.95 Å². The number of nitrogens with one attached hydrogen (secondary N) is 2. The molecule has 0 atom stereocenters. The first-order valence-electron chi connectivity index (χ1n) is 12.2. The number of hydrogen-bond acceptors (Lipinski definition) is 6. The molecule has 7 nitrogen and oxygen atoms in total. The van der Waals surface area contributed by atoms with Crippen LogP contribution in [0.2, 0.25) is 0 Å². The molecule has 178 valence electrons. The van der Waals surface area contributed by atoms with Crippen molar-refractivity contribution in [2.75, 3.05) is 48.3 Å². The summed E-state index contributed by atoms with van der Waals surface area (Å²) in [6.07, 6.45) is 5.66. The van der Waals surface area contributed by atoms with Crippen LogP contribution in [-0.4, -0.2) is 53.5 Å². The van der Waals surface area contributed by atoms with E-state index in [1.807, 2.05) is 30.3 Å². The van der Waals surface area contributed by atoms with E-state index in [-0.39, 0.29) is 5.91 Å². The van der Waals surface area contributed by atoms with E-state index in [4.69, 9.17) is 0 Å². The average molecular weight is 459 g/mol. The molecule has 1 saturated heterocycles. The summed E-state index contributed by atoms with van der Waals surface area (Å²) in [5, 5.41) is 6.09. The van der Waals surface area contributed by atoms with Crippen molar-refractivity contribution in [1.82, 2.24) is 14.9 Å². The van der Waals surface area contributed by atoms with Gasteiger partial charge in [0.05, 0.1) is 5.69 Å². The third-order valence-corrected chi connectivity index (χ3v) is 6.10. The second-order valence-electron chi connectivity index (χ2n) is 8.73. The Kier molecular flexibility index (Phi) is 8.09. The third kappa shape index (κ3) is 6.54. The molecule has 0 bridgehead atoms. The fourth-order valence-electron chi connectivity index (χ4n) is 4.21. The van der Waals surface area contributed by atoms with E-state index in [2.05, 4.69) is 61.6 Å². The van der Waals surface area contributed by atoms with E-state index in [1.54, 1.807) is 6.20 Å². The Bertz CT molecular complexity index is 1060. The first kappa shape index (κ1) is 23.7. The zero-order chi connectivity index (χ0) is 23.8. The Hall–Kier alpha value is -3.45. The van der Waals surface area contributed by atoms with Crippen LogP contribution in [0.25, 0.3) is 11.3 Å². The van der Waals surface area contributed by atoms with E-state index in [1.165, 1.54) is 38.4 Å². The Labute approximate surface area is 202 Å². The largest absolute Gasteiger partial charge is 0.369 e. The molecule has 0 unspecified atom stereocenters. The van der Waals surface area contributed by atoms with E-state index < -0.39 is 0 Å². The maximum atomic E-state index is 11.2. The molecule has 0 radical (unpaired) electrons. The summed E-state index contributed by atoms with van der Waals surface area (Å²) in [5.74, 6) is 0.467. The number of rotatable bonds is 9. The van der Waals surface area contributed by atoms with Crippen LogP contribution < -0.4 is 15.5 Å². The van der Waals surface area contributed by atoms with E-state index >= 15 is 0 Å². The van der Waals surface area contributed by atoms with Gasteiger partial charge in [-0.25, -0.2) is 9.97 Å². The van der Waals surface area contributed by atoms with Crippen molar-refractivity contribution in [2.45, 2.75) is 33.1 Å². The van der Waals surface area contributed by atoms with Crippen LogP contribution in [0, 0.1) is 0 Å². The lowest BCUT2D eigenvalue weighted by Crippen LogP contribution is -2.46. The minimum absolute atomic E-state index is 0.0861. The Balaban J connectivity index is 1.34. The smallest absolute Gasteiger partial charge is 0.227 e. The molecule has 1 aliphatic rings. The fraction of sp³-hybridized carbons (Fsp3) is 0.370. The van der Waals surface area contributed by atoms with Gasteiger partial charge in [0.2, 0.25) is 11.9 Å². The molecule has 2 N–H and O–H groups in total. The molecule has 1 fully saturated rings. The van der Waals surface area contributed by atoms with Gasteiger partial charge in [0.25, 0.3) is 0 Å². The summed E-state index contributed by atoms with van der Waals surface area (Å²) in [5.41, 5.74) is 4.76. The van der Waals surface area contributed by atoms with Crippen LogP contribution in [0.15, 0.2) is 60.8 Å². The quantitative estimate of drug-likeness (QED) is 0.432. The number of nitrogens with zero attached hydrogens (tertiary/aromatic N) is 4. The number of benzene rings is 2. The SMILES string of the molecule is CCCCCN1CCN(c2ccc(Nc3nccc(-c4ccc(NC(C)=O)cc4)n3)cc2)CC1. The van der Waals surface area contributed by atoms with Gasteiger partial charge in [-0.15, -0.1) is 0 Å². The maximum Gasteiger partial charge on any atom is 0.227 e. The summed E-state index contributed by atoms with van der Waals surface area (Å²) in [6, 6.07) is 18.0. The second-order valence-corrected chi connectivity index (χ2v) is 8.73. The Morgan fingerprint density at radius 3 is 2.29 bits per heavy atom. The molecular formula is C27H34N6O. The van der Waals surface area contributed by atoms with Gasteiger partial charge in [-0.05, 0) is 55.4 Å². The molecule has 1 aliphatic heterocycles. The van der Waals surface area contributed by atoms with Crippen LogP contribution in [0.5, 0.6) is 0 Å². The lowest BCUT2D eigenvalue weighted by atomic mass is 10.1. The lowest BCUT2D eigenvalue weighted by molar-refractivity contribution is -0.114. The summed E-state index contributed by atoms with van der Waals surface area (Å²) in [7, 11) is 0. The van der Waals surface area contributed by atoms with Gasteiger partial charge in [-0.2, -0.15) is 0 Å².